The minimum Gasteiger partial charge on any atom is -0.324 e. The summed E-state index contributed by atoms with van der Waals surface area (Å²) in [5.41, 5.74) is 4.69. The van der Waals surface area contributed by atoms with E-state index < -0.39 is 10.0 Å². The van der Waals surface area contributed by atoms with E-state index in [0.29, 0.717) is 11.6 Å². The maximum atomic E-state index is 11.3. The fourth-order valence-corrected chi connectivity index (χ4v) is 4.44. The van der Waals surface area contributed by atoms with Crippen molar-refractivity contribution in [3.8, 4) is 0 Å². The second kappa shape index (κ2) is 7.10. The Morgan fingerprint density at radius 1 is 1.03 bits per heavy atom. The lowest BCUT2D eigenvalue weighted by Gasteiger charge is -2.13. The first-order chi connectivity index (χ1) is 14.5. The van der Waals surface area contributed by atoms with E-state index >= 15 is 0 Å². The van der Waals surface area contributed by atoms with Gasteiger partial charge in [0.25, 0.3) is 0 Å². The van der Waals surface area contributed by atoms with Crippen LogP contribution in [0, 0.1) is 0 Å². The molecule has 9 heteroatoms. The fourth-order valence-electron chi connectivity index (χ4n) is 3.88. The molecule has 30 heavy (non-hydrogen) atoms. The molecule has 0 bridgehead atoms. The average Bonchev–Trinajstić information content (AvgIpc) is 3.32. The van der Waals surface area contributed by atoms with Gasteiger partial charge in [0.05, 0.1) is 23.9 Å². The zero-order chi connectivity index (χ0) is 20.7. The Kier molecular flexibility index (Phi) is 4.39. The molecular weight excluding hydrogens is 400 g/mol. The standard InChI is InChI=1S/C21H20N6O2S/c1-30(28,29)26-17-9-7-16(8-10-17)24-21-22-12-15-13-23-27(20(15)25-21)19-11-6-14-4-2-3-5-18(14)19/h2-5,7-10,12-13,19,26H,6,11H2,1H3,(H,22,24,25). The largest absolute Gasteiger partial charge is 0.324 e. The van der Waals surface area contributed by atoms with E-state index in [1.54, 1.807) is 36.7 Å². The third-order valence-electron chi connectivity index (χ3n) is 5.17. The number of aryl methyl sites for hydroxylation is 1. The highest BCUT2D eigenvalue weighted by Gasteiger charge is 2.26. The van der Waals surface area contributed by atoms with Gasteiger partial charge in [-0.25, -0.2) is 18.1 Å². The van der Waals surface area contributed by atoms with Gasteiger partial charge in [-0.15, -0.1) is 0 Å². The maximum absolute atomic E-state index is 11.3. The molecule has 0 aliphatic heterocycles. The Labute approximate surface area is 174 Å². The van der Waals surface area contributed by atoms with Crippen LogP contribution in [0.5, 0.6) is 0 Å². The van der Waals surface area contributed by atoms with E-state index in [0.717, 1.165) is 35.8 Å². The number of aromatic nitrogens is 4. The minimum atomic E-state index is -3.31. The molecule has 2 N–H and O–H groups in total. The van der Waals surface area contributed by atoms with E-state index in [9.17, 15) is 8.42 Å². The van der Waals surface area contributed by atoms with Gasteiger partial charge in [0.15, 0.2) is 5.65 Å². The molecule has 0 radical (unpaired) electrons. The van der Waals surface area contributed by atoms with Gasteiger partial charge in [0.2, 0.25) is 16.0 Å². The topological polar surface area (TPSA) is 102 Å². The molecule has 2 aromatic heterocycles. The highest BCUT2D eigenvalue weighted by Crippen LogP contribution is 2.35. The number of nitrogens with zero attached hydrogens (tertiary/aromatic N) is 4. The highest BCUT2D eigenvalue weighted by molar-refractivity contribution is 7.92. The van der Waals surface area contributed by atoms with Crippen molar-refractivity contribution in [2.24, 2.45) is 0 Å². The number of nitrogens with one attached hydrogen (secondary N) is 2. The van der Waals surface area contributed by atoms with Crippen LogP contribution in [0.4, 0.5) is 17.3 Å². The summed E-state index contributed by atoms with van der Waals surface area (Å²) < 4.78 is 27.1. The van der Waals surface area contributed by atoms with Gasteiger partial charge >= 0.3 is 0 Å². The smallest absolute Gasteiger partial charge is 0.229 e. The van der Waals surface area contributed by atoms with Gasteiger partial charge in [-0.2, -0.15) is 10.1 Å². The van der Waals surface area contributed by atoms with Gasteiger partial charge in [-0.1, -0.05) is 24.3 Å². The second-order valence-corrected chi connectivity index (χ2v) is 9.14. The summed E-state index contributed by atoms with van der Waals surface area (Å²) in [6.45, 7) is 0. The van der Waals surface area contributed by atoms with E-state index in [1.165, 1.54) is 11.1 Å². The predicted octanol–water partition coefficient (Wildman–Crippen LogP) is 3.48. The zero-order valence-corrected chi connectivity index (χ0v) is 17.1. The van der Waals surface area contributed by atoms with Crippen molar-refractivity contribution >= 4 is 38.4 Å². The van der Waals surface area contributed by atoms with Crippen LogP contribution >= 0.6 is 0 Å². The normalized spacial score (nSPS) is 15.8. The molecule has 1 atom stereocenters. The highest BCUT2D eigenvalue weighted by atomic mass is 32.2. The number of hydrogen-bond donors (Lipinski definition) is 2. The summed E-state index contributed by atoms with van der Waals surface area (Å²) in [5.74, 6) is 0.458. The van der Waals surface area contributed by atoms with Crippen molar-refractivity contribution in [3.63, 3.8) is 0 Å². The Morgan fingerprint density at radius 3 is 2.60 bits per heavy atom. The Morgan fingerprint density at radius 2 is 1.80 bits per heavy atom. The van der Waals surface area contributed by atoms with E-state index in [1.807, 2.05) is 4.68 Å². The molecule has 1 unspecified atom stereocenters. The molecule has 0 saturated carbocycles. The number of benzene rings is 2. The molecule has 152 valence electrons. The third kappa shape index (κ3) is 3.59. The van der Waals surface area contributed by atoms with Gasteiger partial charge in [0.1, 0.15) is 0 Å². The molecule has 1 aliphatic carbocycles. The van der Waals surface area contributed by atoms with Gasteiger partial charge < -0.3 is 5.32 Å². The first-order valence-electron chi connectivity index (χ1n) is 9.59. The first-order valence-corrected chi connectivity index (χ1v) is 11.5. The summed E-state index contributed by atoms with van der Waals surface area (Å²) in [5, 5.41) is 8.65. The Bertz CT molecular complexity index is 1330. The van der Waals surface area contributed by atoms with Crippen LogP contribution in [0.3, 0.4) is 0 Å². The molecule has 0 fully saturated rings. The summed E-state index contributed by atoms with van der Waals surface area (Å²) in [6, 6.07) is 15.5. The van der Waals surface area contributed by atoms with Crippen molar-refractivity contribution < 1.29 is 8.42 Å². The quantitative estimate of drug-likeness (QED) is 0.513. The van der Waals surface area contributed by atoms with Gasteiger partial charge in [-0.3, -0.25) is 4.72 Å². The van der Waals surface area contributed by atoms with Crippen LogP contribution in [0.2, 0.25) is 0 Å². The molecule has 5 rings (SSSR count). The molecule has 1 aliphatic rings. The lowest BCUT2D eigenvalue weighted by molar-refractivity contribution is 0.533. The summed E-state index contributed by atoms with van der Waals surface area (Å²) in [4.78, 5) is 9.08. The third-order valence-corrected chi connectivity index (χ3v) is 5.78. The Balaban J connectivity index is 1.42. The lowest BCUT2D eigenvalue weighted by Crippen LogP contribution is -2.10. The van der Waals surface area contributed by atoms with Gasteiger partial charge in [0, 0.05) is 17.6 Å². The number of fused-ring (bicyclic) bond motifs is 2. The molecule has 0 amide bonds. The van der Waals surface area contributed by atoms with Crippen LogP contribution < -0.4 is 10.0 Å². The SMILES string of the molecule is CS(=O)(=O)Nc1ccc(Nc2ncc3cnn(C4CCc5ccccc54)c3n2)cc1. The van der Waals surface area contributed by atoms with E-state index in [-0.39, 0.29) is 6.04 Å². The van der Waals surface area contributed by atoms with Crippen molar-refractivity contribution in [2.45, 2.75) is 18.9 Å². The van der Waals surface area contributed by atoms with Crippen molar-refractivity contribution in [1.29, 1.82) is 0 Å². The number of anilines is 3. The average molecular weight is 420 g/mol. The van der Waals surface area contributed by atoms with E-state index in [4.69, 9.17) is 4.98 Å². The molecule has 2 heterocycles. The van der Waals surface area contributed by atoms with Crippen LogP contribution in [-0.2, 0) is 16.4 Å². The molecule has 2 aromatic carbocycles. The fraction of sp³-hybridized carbons (Fsp3) is 0.190. The van der Waals surface area contributed by atoms with Crippen molar-refractivity contribution in [1.82, 2.24) is 19.7 Å². The Hall–Kier alpha value is -3.46. The monoisotopic (exact) mass is 420 g/mol. The summed E-state index contributed by atoms with van der Waals surface area (Å²) >= 11 is 0. The van der Waals surface area contributed by atoms with Crippen LogP contribution in [-0.4, -0.2) is 34.4 Å². The van der Waals surface area contributed by atoms with Crippen LogP contribution in [0.15, 0.2) is 60.9 Å². The maximum Gasteiger partial charge on any atom is 0.229 e. The lowest BCUT2D eigenvalue weighted by atomic mass is 10.1. The number of sulfonamides is 1. The van der Waals surface area contributed by atoms with E-state index in [2.05, 4.69) is 44.4 Å². The first kappa shape index (κ1) is 18.6. The molecular formula is C21H20N6O2S. The number of hydrogen-bond acceptors (Lipinski definition) is 6. The molecule has 8 nitrogen and oxygen atoms in total. The second-order valence-electron chi connectivity index (χ2n) is 7.39. The van der Waals surface area contributed by atoms with Crippen molar-refractivity contribution in [3.05, 3.63) is 72.1 Å². The van der Waals surface area contributed by atoms with Crippen molar-refractivity contribution in [2.75, 3.05) is 16.3 Å². The molecule has 4 aromatic rings. The number of rotatable bonds is 5. The summed E-state index contributed by atoms with van der Waals surface area (Å²) in [6.07, 6.45) is 6.71. The minimum absolute atomic E-state index is 0.169. The van der Waals surface area contributed by atoms with Crippen LogP contribution in [0.1, 0.15) is 23.6 Å². The summed E-state index contributed by atoms with van der Waals surface area (Å²) in [7, 11) is -3.31. The molecule has 0 spiro atoms. The molecule has 0 saturated heterocycles. The van der Waals surface area contributed by atoms with Gasteiger partial charge in [-0.05, 0) is 48.2 Å². The zero-order valence-electron chi connectivity index (χ0n) is 16.3. The predicted molar refractivity (Wildman–Crippen MR) is 116 cm³/mol. The van der Waals surface area contributed by atoms with Crippen LogP contribution in [0.25, 0.3) is 11.0 Å².